The summed E-state index contributed by atoms with van der Waals surface area (Å²) < 4.78 is 2.02. The molecule has 0 saturated carbocycles. The molecule has 0 saturated heterocycles. The molecule has 1 heterocycles. The van der Waals surface area contributed by atoms with Crippen molar-refractivity contribution >= 4 is 5.97 Å². The summed E-state index contributed by atoms with van der Waals surface area (Å²) in [5.41, 5.74) is 2.54. The molecule has 2 rings (SSSR count). The van der Waals surface area contributed by atoms with Gasteiger partial charge in [-0.3, -0.25) is 9.48 Å². The number of aromatic nitrogens is 2. The standard InChI is InChI=1S/C12H18N2O2/c1-3-14-11-5-4-9(8(2)12(15)16)6-10(11)7-13-14/h7-9H,3-6H2,1-2H3,(H,15,16). The van der Waals surface area contributed by atoms with Gasteiger partial charge >= 0.3 is 5.97 Å². The van der Waals surface area contributed by atoms with Crippen molar-refractivity contribution in [2.45, 2.75) is 39.7 Å². The lowest BCUT2D eigenvalue weighted by molar-refractivity contribution is -0.143. The number of nitrogens with zero attached hydrogens (tertiary/aromatic N) is 2. The number of aliphatic carboxylic acids is 1. The molecular weight excluding hydrogens is 204 g/mol. The van der Waals surface area contributed by atoms with E-state index in [4.69, 9.17) is 5.11 Å². The van der Waals surface area contributed by atoms with Gasteiger partial charge in [0.25, 0.3) is 0 Å². The summed E-state index contributed by atoms with van der Waals surface area (Å²) in [6.45, 7) is 4.79. The molecule has 1 aromatic rings. The van der Waals surface area contributed by atoms with E-state index in [1.807, 2.05) is 17.8 Å². The van der Waals surface area contributed by atoms with Crippen molar-refractivity contribution in [3.63, 3.8) is 0 Å². The highest BCUT2D eigenvalue weighted by atomic mass is 16.4. The van der Waals surface area contributed by atoms with Crippen molar-refractivity contribution < 1.29 is 9.90 Å². The molecule has 0 aliphatic heterocycles. The average Bonchev–Trinajstić information content (AvgIpc) is 2.69. The van der Waals surface area contributed by atoms with Crippen LogP contribution in [-0.4, -0.2) is 20.9 Å². The van der Waals surface area contributed by atoms with Gasteiger partial charge in [0.05, 0.1) is 12.1 Å². The topological polar surface area (TPSA) is 55.1 Å². The molecule has 0 bridgehead atoms. The van der Waals surface area contributed by atoms with E-state index in [0.29, 0.717) is 0 Å². The Labute approximate surface area is 95.3 Å². The van der Waals surface area contributed by atoms with Crippen LogP contribution in [0, 0.1) is 11.8 Å². The monoisotopic (exact) mass is 222 g/mol. The first-order chi connectivity index (χ1) is 7.63. The smallest absolute Gasteiger partial charge is 0.306 e. The molecule has 16 heavy (non-hydrogen) atoms. The van der Waals surface area contributed by atoms with Crippen LogP contribution >= 0.6 is 0 Å². The number of carboxylic acids is 1. The lowest BCUT2D eigenvalue weighted by atomic mass is 9.80. The van der Waals surface area contributed by atoms with Crippen LogP contribution in [0.4, 0.5) is 0 Å². The van der Waals surface area contributed by atoms with Crippen molar-refractivity contribution in [3.8, 4) is 0 Å². The molecule has 0 spiro atoms. The van der Waals surface area contributed by atoms with Crippen molar-refractivity contribution in [1.82, 2.24) is 9.78 Å². The summed E-state index contributed by atoms with van der Waals surface area (Å²) in [4.78, 5) is 11.0. The summed E-state index contributed by atoms with van der Waals surface area (Å²) in [7, 11) is 0. The van der Waals surface area contributed by atoms with Gasteiger partial charge in [-0.25, -0.2) is 0 Å². The first-order valence-corrected chi connectivity index (χ1v) is 5.89. The second-order valence-electron chi connectivity index (χ2n) is 4.56. The maximum atomic E-state index is 11.0. The average molecular weight is 222 g/mol. The quantitative estimate of drug-likeness (QED) is 0.847. The molecular formula is C12H18N2O2. The van der Waals surface area contributed by atoms with Gasteiger partial charge in [0.2, 0.25) is 0 Å². The number of hydrogen-bond acceptors (Lipinski definition) is 2. The highest BCUT2D eigenvalue weighted by Gasteiger charge is 2.29. The van der Waals surface area contributed by atoms with E-state index in [2.05, 4.69) is 12.0 Å². The lowest BCUT2D eigenvalue weighted by Crippen LogP contribution is -2.26. The van der Waals surface area contributed by atoms with Gasteiger partial charge in [0.15, 0.2) is 0 Å². The Kier molecular flexibility index (Phi) is 2.99. The van der Waals surface area contributed by atoms with Crippen LogP contribution in [0.2, 0.25) is 0 Å². The zero-order valence-electron chi connectivity index (χ0n) is 9.81. The summed E-state index contributed by atoms with van der Waals surface area (Å²) in [6.07, 6.45) is 4.69. The minimum Gasteiger partial charge on any atom is -0.481 e. The van der Waals surface area contributed by atoms with Crippen LogP contribution in [-0.2, 0) is 24.2 Å². The van der Waals surface area contributed by atoms with Gasteiger partial charge in [-0.05, 0) is 37.7 Å². The Bertz CT molecular complexity index is 398. The third-order valence-corrected chi connectivity index (χ3v) is 3.67. The first-order valence-electron chi connectivity index (χ1n) is 5.89. The van der Waals surface area contributed by atoms with Crippen molar-refractivity contribution in [2.75, 3.05) is 0 Å². The Morgan fingerprint density at radius 3 is 3.12 bits per heavy atom. The largest absolute Gasteiger partial charge is 0.481 e. The Balaban J connectivity index is 2.15. The number of rotatable bonds is 3. The lowest BCUT2D eigenvalue weighted by Gasteiger charge is -2.25. The van der Waals surface area contributed by atoms with Crippen LogP contribution in [0.25, 0.3) is 0 Å². The van der Waals surface area contributed by atoms with Crippen LogP contribution < -0.4 is 0 Å². The van der Waals surface area contributed by atoms with E-state index in [1.54, 1.807) is 0 Å². The summed E-state index contributed by atoms with van der Waals surface area (Å²) in [5, 5.41) is 13.3. The van der Waals surface area contributed by atoms with Crippen molar-refractivity contribution in [1.29, 1.82) is 0 Å². The fourth-order valence-corrected chi connectivity index (χ4v) is 2.52. The second kappa shape index (κ2) is 4.28. The van der Waals surface area contributed by atoms with E-state index < -0.39 is 5.97 Å². The molecule has 0 amide bonds. The number of hydrogen-bond donors (Lipinski definition) is 1. The molecule has 0 fully saturated rings. The van der Waals surface area contributed by atoms with Gasteiger partial charge in [0.1, 0.15) is 0 Å². The molecule has 0 aromatic carbocycles. The van der Waals surface area contributed by atoms with Crippen LogP contribution in [0.1, 0.15) is 31.5 Å². The molecule has 4 heteroatoms. The Morgan fingerprint density at radius 2 is 2.50 bits per heavy atom. The molecule has 0 radical (unpaired) electrons. The fraction of sp³-hybridized carbons (Fsp3) is 0.667. The van der Waals surface area contributed by atoms with Gasteiger partial charge in [-0.2, -0.15) is 5.10 Å². The van der Waals surface area contributed by atoms with Gasteiger partial charge in [0, 0.05) is 12.2 Å². The van der Waals surface area contributed by atoms with Crippen molar-refractivity contribution in [3.05, 3.63) is 17.5 Å². The van der Waals surface area contributed by atoms with E-state index in [0.717, 1.165) is 25.8 Å². The Morgan fingerprint density at radius 1 is 1.75 bits per heavy atom. The summed E-state index contributed by atoms with van der Waals surface area (Å²) >= 11 is 0. The molecule has 1 aliphatic carbocycles. The van der Waals surface area contributed by atoms with Crippen molar-refractivity contribution in [2.24, 2.45) is 11.8 Å². The SMILES string of the molecule is CCn1ncc2c1CCC(C(C)C(=O)O)C2. The normalized spacial score (nSPS) is 21.5. The zero-order chi connectivity index (χ0) is 11.7. The third kappa shape index (κ3) is 1.84. The van der Waals surface area contributed by atoms with Crippen LogP contribution in [0.5, 0.6) is 0 Å². The molecule has 1 N–H and O–H groups in total. The third-order valence-electron chi connectivity index (χ3n) is 3.67. The minimum absolute atomic E-state index is 0.252. The van der Waals surface area contributed by atoms with Crippen LogP contribution in [0.3, 0.4) is 0 Å². The zero-order valence-corrected chi connectivity index (χ0v) is 9.81. The summed E-state index contributed by atoms with van der Waals surface area (Å²) in [5.74, 6) is -0.672. The second-order valence-corrected chi connectivity index (χ2v) is 4.56. The fourth-order valence-electron chi connectivity index (χ4n) is 2.52. The number of carbonyl (C=O) groups is 1. The molecule has 4 nitrogen and oxygen atoms in total. The van der Waals surface area contributed by atoms with E-state index >= 15 is 0 Å². The van der Waals surface area contributed by atoms with E-state index in [-0.39, 0.29) is 11.8 Å². The van der Waals surface area contributed by atoms with Gasteiger partial charge in [-0.15, -0.1) is 0 Å². The maximum Gasteiger partial charge on any atom is 0.306 e. The predicted octanol–water partition coefficient (Wildman–Crippen LogP) is 1.73. The number of carboxylic acid groups (broad SMARTS) is 1. The number of fused-ring (bicyclic) bond motifs is 1. The molecule has 2 atom stereocenters. The summed E-state index contributed by atoms with van der Waals surface area (Å²) in [6, 6.07) is 0. The Hall–Kier alpha value is -1.32. The number of aryl methyl sites for hydroxylation is 1. The van der Waals surface area contributed by atoms with Gasteiger partial charge < -0.3 is 5.11 Å². The molecule has 2 unspecified atom stereocenters. The molecule has 1 aromatic heterocycles. The van der Waals surface area contributed by atoms with E-state index in [1.165, 1.54) is 11.3 Å². The highest BCUT2D eigenvalue weighted by molar-refractivity contribution is 5.70. The molecule has 88 valence electrons. The minimum atomic E-state index is -0.684. The molecule has 1 aliphatic rings. The van der Waals surface area contributed by atoms with E-state index in [9.17, 15) is 4.79 Å². The van der Waals surface area contributed by atoms with Crippen LogP contribution in [0.15, 0.2) is 6.20 Å². The predicted molar refractivity (Wildman–Crippen MR) is 60.2 cm³/mol. The maximum absolute atomic E-state index is 11.0. The van der Waals surface area contributed by atoms with Gasteiger partial charge in [-0.1, -0.05) is 6.92 Å². The first kappa shape index (κ1) is 11.2. The highest BCUT2D eigenvalue weighted by Crippen LogP contribution is 2.30.